The van der Waals surface area contributed by atoms with Crippen LogP contribution in [0.1, 0.15) is 5.69 Å². The van der Waals surface area contributed by atoms with Crippen LogP contribution in [0.15, 0.2) is 66.0 Å². The third kappa shape index (κ3) is 2.89. The van der Waals surface area contributed by atoms with Crippen LogP contribution in [-0.4, -0.2) is 29.5 Å². The van der Waals surface area contributed by atoms with E-state index in [1.54, 1.807) is 36.7 Å². The molecule has 3 heterocycles. The topological polar surface area (TPSA) is 101 Å². The summed E-state index contributed by atoms with van der Waals surface area (Å²) in [6, 6.07) is 13.4. The molecular weight excluding hydrogens is 373 g/mol. The summed E-state index contributed by atoms with van der Waals surface area (Å²) in [4.78, 5) is 33.1. The maximum Gasteiger partial charge on any atom is 0.270 e. The molecule has 0 aliphatic heterocycles. The number of halogens is 1. The number of rotatable bonds is 4. The molecule has 2 aromatic carbocycles. The Morgan fingerprint density at radius 3 is 2.76 bits per heavy atom. The minimum atomic E-state index is -0.605. The molecule has 5 rings (SSSR count). The van der Waals surface area contributed by atoms with Gasteiger partial charge in [-0.3, -0.25) is 4.79 Å². The van der Waals surface area contributed by atoms with Crippen LogP contribution in [0, 0.1) is 5.82 Å². The molecule has 0 radical (unpaired) electrons. The molecule has 0 saturated heterocycles. The van der Waals surface area contributed by atoms with E-state index in [1.807, 2.05) is 6.07 Å². The lowest BCUT2D eigenvalue weighted by Crippen LogP contribution is -2.24. The van der Waals surface area contributed by atoms with E-state index in [0.717, 1.165) is 0 Å². The van der Waals surface area contributed by atoms with E-state index in [2.05, 4.69) is 30.2 Å². The number of hydrogen-bond acceptors (Lipinski definition) is 6. The van der Waals surface area contributed by atoms with Gasteiger partial charge >= 0.3 is 0 Å². The molecule has 0 atom stereocenters. The van der Waals surface area contributed by atoms with Gasteiger partial charge < -0.3 is 10.3 Å². The number of fused-ring (bicyclic) bond motifs is 2. The van der Waals surface area contributed by atoms with E-state index in [-0.39, 0.29) is 23.4 Å². The fourth-order valence-corrected chi connectivity index (χ4v) is 3.24. The Morgan fingerprint density at radius 2 is 1.90 bits per heavy atom. The lowest BCUT2D eigenvalue weighted by Gasteiger charge is -2.15. The molecule has 8 nitrogen and oxygen atoms in total. The van der Waals surface area contributed by atoms with Crippen LogP contribution in [0.4, 0.5) is 10.3 Å². The van der Waals surface area contributed by atoms with Gasteiger partial charge in [-0.25, -0.2) is 28.9 Å². The molecule has 0 aliphatic rings. The molecule has 0 bridgehead atoms. The van der Waals surface area contributed by atoms with Crippen molar-refractivity contribution < 1.29 is 4.39 Å². The molecule has 5 aromatic rings. The van der Waals surface area contributed by atoms with Crippen LogP contribution >= 0.6 is 0 Å². The van der Waals surface area contributed by atoms with Crippen LogP contribution in [0.3, 0.4) is 0 Å². The third-order valence-electron chi connectivity index (χ3n) is 4.58. The average molecular weight is 387 g/mol. The van der Waals surface area contributed by atoms with Crippen molar-refractivity contribution in [1.29, 1.82) is 0 Å². The summed E-state index contributed by atoms with van der Waals surface area (Å²) in [5, 5.41) is 3.10. The molecule has 9 heteroatoms. The molecule has 0 saturated carbocycles. The van der Waals surface area contributed by atoms with Crippen molar-refractivity contribution in [3.05, 3.63) is 83.1 Å². The monoisotopic (exact) mass is 387 g/mol. The number of H-pyrrole nitrogens is 1. The van der Waals surface area contributed by atoms with Gasteiger partial charge in [0.2, 0.25) is 5.95 Å². The molecule has 0 unspecified atom stereocenters. The lowest BCUT2D eigenvalue weighted by atomic mass is 10.2. The van der Waals surface area contributed by atoms with Crippen molar-refractivity contribution in [2.45, 2.75) is 6.54 Å². The number of nitrogens with zero attached hydrogens (tertiary/aromatic N) is 5. The number of aromatic amines is 1. The maximum absolute atomic E-state index is 14.4. The Morgan fingerprint density at radius 1 is 1.03 bits per heavy atom. The molecule has 0 aliphatic carbocycles. The van der Waals surface area contributed by atoms with E-state index in [9.17, 15) is 9.18 Å². The first kappa shape index (κ1) is 17.0. The van der Waals surface area contributed by atoms with Gasteiger partial charge in [-0.15, -0.1) is 0 Å². The van der Waals surface area contributed by atoms with Crippen molar-refractivity contribution in [3.63, 3.8) is 0 Å². The molecule has 0 fully saturated rings. The Hall–Kier alpha value is -4.14. The van der Waals surface area contributed by atoms with Crippen LogP contribution in [-0.2, 0) is 6.54 Å². The molecule has 0 amide bonds. The minimum Gasteiger partial charge on any atom is -0.350 e. The molecule has 142 valence electrons. The fourth-order valence-electron chi connectivity index (χ4n) is 3.24. The van der Waals surface area contributed by atoms with Crippen LogP contribution < -0.4 is 10.9 Å². The first-order valence-electron chi connectivity index (χ1n) is 8.86. The van der Waals surface area contributed by atoms with Crippen molar-refractivity contribution in [2.24, 2.45) is 0 Å². The highest BCUT2D eigenvalue weighted by Crippen LogP contribution is 2.19. The van der Waals surface area contributed by atoms with Crippen LogP contribution in [0.25, 0.3) is 27.8 Å². The highest BCUT2D eigenvalue weighted by molar-refractivity contribution is 5.80. The van der Waals surface area contributed by atoms with Crippen molar-refractivity contribution in [2.75, 3.05) is 5.32 Å². The zero-order valence-corrected chi connectivity index (χ0v) is 15.0. The van der Waals surface area contributed by atoms with Gasteiger partial charge in [-0.05, 0) is 24.3 Å². The molecular formula is C20H14FN7O. The SMILES string of the molecule is O=c1c2c(F)cccc2nc(NCc2ncnc3nc[nH]c23)n1-c1ccccc1. The van der Waals surface area contributed by atoms with Gasteiger partial charge in [0, 0.05) is 0 Å². The van der Waals surface area contributed by atoms with Crippen molar-refractivity contribution >= 4 is 28.0 Å². The Labute approximate surface area is 163 Å². The van der Waals surface area contributed by atoms with Crippen LogP contribution in [0.5, 0.6) is 0 Å². The highest BCUT2D eigenvalue weighted by Gasteiger charge is 2.16. The fraction of sp³-hybridized carbons (Fsp3) is 0.0500. The summed E-state index contributed by atoms with van der Waals surface area (Å²) in [7, 11) is 0. The molecule has 0 spiro atoms. The average Bonchev–Trinajstić information content (AvgIpc) is 3.22. The first-order chi connectivity index (χ1) is 14.2. The summed E-state index contributed by atoms with van der Waals surface area (Å²) >= 11 is 0. The smallest absolute Gasteiger partial charge is 0.270 e. The zero-order valence-electron chi connectivity index (χ0n) is 15.0. The van der Waals surface area contributed by atoms with Crippen molar-refractivity contribution in [3.8, 4) is 5.69 Å². The van der Waals surface area contributed by atoms with E-state index in [4.69, 9.17) is 0 Å². The van der Waals surface area contributed by atoms with E-state index >= 15 is 0 Å². The minimum absolute atomic E-state index is 0.0557. The van der Waals surface area contributed by atoms with Gasteiger partial charge in [0.25, 0.3) is 5.56 Å². The Kier molecular flexibility index (Phi) is 3.98. The van der Waals surface area contributed by atoms with Gasteiger partial charge in [0.05, 0.1) is 29.8 Å². The van der Waals surface area contributed by atoms with Gasteiger partial charge in [-0.2, -0.15) is 0 Å². The zero-order chi connectivity index (χ0) is 19.8. The lowest BCUT2D eigenvalue weighted by molar-refractivity contribution is 0.637. The number of anilines is 1. The second-order valence-corrected chi connectivity index (χ2v) is 6.32. The summed E-state index contributed by atoms with van der Waals surface area (Å²) < 4.78 is 15.7. The van der Waals surface area contributed by atoms with E-state index in [1.165, 1.54) is 23.0 Å². The first-order valence-corrected chi connectivity index (χ1v) is 8.86. The standard InChI is InChI=1S/C20H14FN7O/c21-13-7-4-8-14-16(13)19(29)28(12-5-2-1-3-6-12)20(27-14)22-9-15-17-18(25-10-23-15)26-11-24-17/h1-8,10-11H,9H2,(H,22,27)(H,23,24,25,26). The predicted molar refractivity (Wildman–Crippen MR) is 106 cm³/mol. The van der Waals surface area contributed by atoms with Gasteiger partial charge in [0.15, 0.2) is 5.65 Å². The number of hydrogen-bond donors (Lipinski definition) is 2. The number of para-hydroxylation sites is 1. The molecule has 2 N–H and O–H groups in total. The van der Waals surface area contributed by atoms with E-state index < -0.39 is 11.4 Å². The summed E-state index contributed by atoms with van der Waals surface area (Å²) in [6.45, 7) is 0.265. The Balaban J connectivity index is 1.66. The quantitative estimate of drug-likeness (QED) is 0.492. The van der Waals surface area contributed by atoms with E-state index in [0.29, 0.717) is 22.5 Å². The maximum atomic E-state index is 14.4. The molecule has 29 heavy (non-hydrogen) atoms. The second kappa shape index (κ2) is 6.79. The van der Waals surface area contributed by atoms with Crippen LogP contribution in [0.2, 0.25) is 0 Å². The second-order valence-electron chi connectivity index (χ2n) is 6.32. The largest absolute Gasteiger partial charge is 0.350 e. The predicted octanol–water partition coefficient (Wildman–Crippen LogP) is 2.80. The number of nitrogens with one attached hydrogen (secondary N) is 2. The summed E-state index contributed by atoms with van der Waals surface area (Å²) in [5.74, 6) is -0.322. The third-order valence-corrected chi connectivity index (χ3v) is 4.58. The summed E-state index contributed by atoms with van der Waals surface area (Å²) in [5.41, 5.74) is 2.27. The number of benzene rings is 2. The highest BCUT2D eigenvalue weighted by atomic mass is 19.1. The summed E-state index contributed by atoms with van der Waals surface area (Å²) in [6.07, 6.45) is 2.97. The number of imidazole rings is 1. The van der Waals surface area contributed by atoms with Crippen molar-refractivity contribution in [1.82, 2.24) is 29.5 Å². The molecule has 3 aromatic heterocycles. The normalized spacial score (nSPS) is 11.2. The number of aromatic nitrogens is 6. The van der Waals surface area contributed by atoms with Gasteiger partial charge in [-0.1, -0.05) is 24.3 Å². The Bertz CT molecular complexity index is 1390. The van der Waals surface area contributed by atoms with Gasteiger partial charge in [0.1, 0.15) is 23.0 Å².